The maximum atomic E-state index is 12.0. The summed E-state index contributed by atoms with van der Waals surface area (Å²) in [5.74, 6) is 3.40. The summed E-state index contributed by atoms with van der Waals surface area (Å²) in [6.45, 7) is 12.0. The molecule has 1 N–H and O–H groups in total. The number of hydrogen-bond donors (Lipinski definition) is 1. The molecule has 1 amide bonds. The van der Waals surface area contributed by atoms with E-state index in [4.69, 9.17) is 19.7 Å². The van der Waals surface area contributed by atoms with Crippen molar-refractivity contribution in [3.63, 3.8) is 0 Å². The monoisotopic (exact) mass is 491 g/mol. The molecular weight excluding hydrogens is 450 g/mol. The van der Waals surface area contributed by atoms with Gasteiger partial charge in [0.2, 0.25) is 0 Å². The molecule has 0 radical (unpaired) electrons. The number of nitrogens with zero attached hydrogens (tertiary/aromatic N) is 4. The van der Waals surface area contributed by atoms with Gasteiger partial charge in [-0.05, 0) is 71.1 Å². The Morgan fingerprint density at radius 2 is 2.08 bits per heavy atom. The summed E-state index contributed by atoms with van der Waals surface area (Å²) in [6.07, 6.45) is 10.1. The van der Waals surface area contributed by atoms with Crippen LogP contribution in [0.1, 0.15) is 66.7 Å². The summed E-state index contributed by atoms with van der Waals surface area (Å²) >= 11 is 0. The van der Waals surface area contributed by atoms with Gasteiger partial charge in [0.15, 0.2) is 18.2 Å². The fourth-order valence-electron chi connectivity index (χ4n) is 4.56. The summed E-state index contributed by atoms with van der Waals surface area (Å²) in [7, 11) is 0. The Morgan fingerprint density at radius 3 is 2.83 bits per heavy atom. The third kappa shape index (κ3) is 8.47. The Bertz CT molecular complexity index is 1060. The Morgan fingerprint density at radius 1 is 1.25 bits per heavy atom. The molecule has 2 aromatic rings. The molecule has 0 aliphatic carbocycles. The fourth-order valence-corrected chi connectivity index (χ4v) is 4.56. The Labute approximate surface area is 216 Å². The molecule has 1 aromatic carbocycles. The van der Waals surface area contributed by atoms with E-state index < -0.39 is 0 Å². The minimum Gasteiger partial charge on any atom is -0.484 e. The number of hydrogen-bond acceptors (Lipinski definition) is 6. The molecular formula is C29H41N5O2. The first-order valence-corrected chi connectivity index (χ1v) is 13.2. The molecule has 1 aliphatic rings. The lowest BCUT2D eigenvalue weighted by molar-refractivity contribution is -0.123. The van der Waals surface area contributed by atoms with Crippen LogP contribution in [0.4, 0.5) is 11.6 Å². The van der Waals surface area contributed by atoms with Gasteiger partial charge in [-0.15, -0.1) is 0 Å². The molecule has 1 atom stereocenters. The number of amides is 1. The highest BCUT2D eigenvalue weighted by Crippen LogP contribution is 2.29. The highest BCUT2D eigenvalue weighted by Gasteiger charge is 2.19. The lowest BCUT2D eigenvalue weighted by Gasteiger charge is -2.22. The number of carbonyl (C=O) groups excluding carboxylic acids is 1. The molecule has 2 heterocycles. The number of aliphatic imine (C=N–C) groups is 1. The van der Waals surface area contributed by atoms with Gasteiger partial charge >= 0.3 is 0 Å². The molecule has 0 bridgehead atoms. The van der Waals surface area contributed by atoms with Crippen molar-refractivity contribution in [1.82, 2.24) is 15.3 Å². The van der Waals surface area contributed by atoms with Gasteiger partial charge in [-0.1, -0.05) is 38.0 Å². The Balaban J connectivity index is 1.90. The predicted molar refractivity (Wildman–Crippen MR) is 148 cm³/mol. The first-order chi connectivity index (χ1) is 17.4. The largest absolute Gasteiger partial charge is 0.484 e. The highest BCUT2D eigenvalue weighted by atomic mass is 16.5. The van der Waals surface area contributed by atoms with Crippen LogP contribution in [0.15, 0.2) is 47.5 Å². The average Bonchev–Trinajstić information content (AvgIpc) is 3.08. The number of rotatable bonds is 10. The van der Waals surface area contributed by atoms with Crippen molar-refractivity contribution in [2.24, 2.45) is 10.9 Å². The molecule has 1 aliphatic heterocycles. The van der Waals surface area contributed by atoms with Crippen molar-refractivity contribution in [3.8, 4) is 17.1 Å². The zero-order valence-corrected chi connectivity index (χ0v) is 22.5. The van der Waals surface area contributed by atoms with Crippen LogP contribution in [0, 0.1) is 5.92 Å². The third-order valence-corrected chi connectivity index (χ3v) is 6.18. The number of benzene rings is 1. The lowest BCUT2D eigenvalue weighted by atomic mass is 9.96. The molecule has 1 aromatic heterocycles. The van der Waals surface area contributed by atoms with Gasteiger partial charge in [-0.2, -0.15) is 0 Å². The van der Waals surface area contributed by atoms with Gasteiger partial charge in [0.1, 0.15) is 11.6 Å². The second-order valence-electron chi connectivity index (χ2n) is 9.77. The number of anilines is 1. The van der Waals surface area contributed by atoms with E-state index in [-0.39, 0.29) is 18.6 Å². The zero-order chi connectivity index (χ0) is 25.9. The van der Waals surface area contributed by atoms with Crippen LogP contribution in [0.25, 0.3) is 11.4 Å². The molecule has 3 rings (SSSR count). The van der Waals surface area contributed by atoms with Crippen LogP contribution < -0.4 is 15.0 Å². The van der Waals surface area contributed by atoms with Crippen molar-refractivity contribution >= 4 is 23.3 Å². The van der Waals surface area contributed by atoms with E-state index in [2.05, 4.69) is 17.1 Å². The molecule has 1 saturated heterocycles. The third-order valence-electron chi connectivity index (χ3n) is 6.18. The number of aromatic nitrogens is 2. The summed E-state index contributed by atoms with van der Waals surface area (Å²) in [5, 5.41) is 2.84. The maximum absolute atomic E-state index is 12.0. The van der Waals surface area contributed by atoms with Crippen LogP contribution in [0.5, 0.6) is 5.75 Å². The molecule has 1 unspecified atom stereocenters. The topological polar surface area (TPSA) is 79.7 Å². The standard InChI is InChI=1S/C29H41N5O2/c1-6-10-22(5)31-26-19-27(34-16-9-12-23(11-7-2)15-17-34)33-29(32-26)24-13-8-14-25(18-24)36-20-28(35)30-21(3)4/h6,8,10,13-14,18-19,21,23H,7,9,11-12,15-17,20H2,1-5H3,(H,30,35)/b10-6-,31-22?. The molecule has 7 nitrogen and oxygen atoms in total. The molecule has 36 heavy (non-hydrogen) atoms. The predicted octanol–water partition coefficient (Wildman–Crippen LogP) is 6.12. The lowest BCUT2D eigenvalue weighted by Crippen LogP contribution is -2.34. The van der Waals surface area contributed by atoms with Crippen LogP contribution in [-0.2, 0) is 4.79 Å². The van der Waals surface area contributed by atoms with Gasteiger partial charge < -0.3 is 15.0 Å². The van der Waals surface area contributed by atoms with Crippen molar-refractivity contribution in [1.29, 1.82) is 0 Å². The number of ether oxygens (including phenoxy) is 1. The van der Waals surface area contributed by atoms with Gasteiger partial charge in [0, 0.05) is 36.5 Å². The van der Waals surface area contributed by atoms with Gasteiger partial charge in [-0.25, -0.2) is 15.0 Å². The quantitative estimate of drug-likeness (QED) is 0.405. The fraction of sp³-hybridized carbons (Fsp3) is 0.517. The molecule has 0 spiro atoms. The van der Waals surface area contributed by atoms with Gasteiger partial charge in [0.05, 0.1) is 0 Å². The summed E-state index contributed by atoms with van der Waals surface area (Å²) < 4.78 is 5.74. The van der Waals surface area contributed by atoms with E-state index in [0.29, 0.717) is 17.4 Å². The van der Waals surface area contributed by atoms with Crippen LogP contribution in [0.2, 0.25) is 0 Å². The highest BCUT2D eigenvalue weighted by molar-refractivity contribution is 5.94. The van der Waals surface area contributed by atoms with Crippen LogP contribution in [0.3, 0.4) is 0 Å². The maximum Gasteiger partial charge on any atom is 0.258 e. The second kappa shape index (κ2) is 13.8. The molecule has 1 fully saturated rings. The van der Waals surface area contributed by atoms with E-state index >= 15 is 0 Å². The Kier molecular flexibility index (Phi) is 10.5. The van der Waals surface area contributed by atoms with Crippen molar-refractivity contribution in [2.75, 3.05) is 24.6 Å². The number of nitrogens with one attached hydrogen (secondary N) is 1. The van der Waals surface area contributed by atoms with Gasteiger partial charge in [-0.3, -0.25) is 4.79 Å². The Hall–Kier alpha value is -3.22. The summed E-state index contributed by atoms with van der Waals surface area (Å²) in [4.78, 5) is 28.9. The van der Waals surface area contributed by atoms with Crippen molar-refractivity contribution < 1.29 is 9.53 Å². The summed E-state index contributed by atoms with van der Waals surface area (Å²) in [6, 6.07) is 9.65. The second-order valence-corrected chi connectivity index (χ2v) is 9.77. The molecule has 194 valence electrons. The molecule has 0 saturated carbocycles. The SMILES string of the molecule is C/C=C\C(C)=Nc1cc(N2CCCC(CCC)CC2)nc(-c2cccc(OCC(=O)NC(C)C)c2)n1. The zero-order valence-electron chi connectivity index (χ0n) is 22.5. The number of carbonyl (C=O) groups is 1. The normalized spacial score (nSPS) is 16.9. The van der Waals surface area contributed by atoms with E-state index in [1.807, 2.05) is 70.2 Å². The first kappa shape index (κ1) is 27.4. The van der Waals surface area contributed by atoms with Crippen LogP contribution >= 0.6 is 0 Å². The van der Waals surface area contributed by atoms with E-state index in [0.717, 1.165) is 36.1 Å². The van der Waals surface area contributed by atoms with Crippen LogP contribution in [-0.4, -0.2) is 47.3 Å². The van der Waals surface area contributed by atoms with Crippen molar-refractivity contribution in [3.05, 3.63) is 42.5 Å². The minimum atomic E-state index is -0.146. The first-order valence-electron chi connectivity index (χ1n) is 13.2. The number of allylic oxidation sites excluding steroid dienone is 2. The average molecular weight is 492 g/mol. The van der Waals surface area contributed by atoms with E-state index in [1.54, 1.807) is 0 Å². The molecule has 7 heteroatoms. The minimum absolute atomic E-state index is 0.0344. The smallest absolute Gasteiger partial charge is 0.258 e. The van der Waals surface area contributed by atoms with E-state index in [1.165, 1.54) is 32.1 Å². The summed E-state index contributed by atoms with van der Waals surface area (Å²) in [5.41, 5.74) is 1.72. The van der Waals surface area contributed by atoms with Gasteiger partial charge in [0.25, 0.3) is 5.91 Å². The van der Waals surface area contributed by atoms with E-state index in [9.17, 15) is 4.79 Å². The van der Waals surface area contributed by atoms with Crippen molar-refractivity contribution in [2.45, 2.75) is 72.8 Å².